The van der Waals surface area contributed by atoms with Crippen LogP contribution in [0, 0.1) is 6.92 Å². The number of ether oxygens (including phenoxy) is 3. The van der Waals surface area contributed by atoms with Crippen molar-refractivity contribution in [3.05, 3.63) is 65.7 Å². The van der Waals surface area contributed by atoms with Gasteiger partial charge in [-0.1, -0.05) is 18.2 Å². The van der Waals surface area contributed by atoms with E-state index in [2.05, 4.69) is 54.5 Å². The van der Waals surface area contributed by atoms with Crippen molar-refractivity contribution in [3.63, 3.8) is 0 Å². The second-order valence-corrected chi connectivity index (χ2v) is 9.09. The topological polar surface area (TPSA) is 60.0 Å². The lowest BCUT2D eigenvalue weighted by atomic mass is 9.94. The summed E-state index contributed by atoms with van der Waals surface area (Å²) >= 11 is 0. The zero-order valence-electron chi connectivity index (χ0n) is 18.8. The fraction of sp³-hybridized carbons (Fsp3) is 0.296. The molecule has 1 fully saturated rings. The van der Waals surface area contributed by atoms with Crippen molar-refractivity contribution in [2.75, 3.05) is 37.2 Å². The second kappa shape index (κ2) is 7.44. The van der Waals surface area contributed by atoms with Gasteiger partial charge in [-0.05, 0) is 78.4 Å². The molecule has 0 aromatic heterocycles. The van der Waals surface area contributed by atoms with Gasteiger partial charge < -0.3 is 24.4 Å². The molecule has 6 heteroatoms. The Morgan fingerprint density at radius 2 is 1.82 bits per heavy atom. The highest BCUT2D eigenvalue weighted by Gasteiger charge is 2.51. The molecule has 3 aromatic rings. The lowest BCUT2D eigenvalue weighted by molar-refractivity contribution is -0.118. The molecule has 0 unspecified atom stereocenters. The molecule has 6 nitrogen and oxygen atoms in total. The average molecular weight is 445 g/mol. The van der Waals surface area contributed by atoms with E-state index in [1.54, 1.807) is 0 Å². The van der Waals surface area contributed by atoms with Crippen LogP contribution in [0.2, 0.25) is 0 Å². The predicted molar refractivity (Wildman–Crippen MR) is 130 cm³/mol. The number of fused-ring (bicyclic) bond motifs is 2. The molecule has 1 amide bonds. The van der Waals surface area contributed by atoms with Crippen molar-refractivity contribution in [2.24, 2.45) is 0 Å². The van der Waals surface area contributed by atoms with Gasteiger partial charge in [-0.25, -0.2) is 0 Å². The molecule has 3 aromatic carbocycles. The van der Waals surface area contributed by atoms with Gasteiger partial charge in [-0.3, -0.25) is 4.79 Å². The first-order valence-electron chi connectivity index (χ1n) is 11.3. The third kappa shape index (κ3) is 3.37. The molecule has 0 bridgehead atoms. The maximum atomic E-state index is 13.3. The van der Waals surface area contributed by atoms with Crippen LogP contribution in [0.4, 0.5) is 11.4 Å². The summed E-state index contributed by atoms with van der Waals surface area (Å²) in [6.07, 6.45) is 1.65. The van der Waals surface area contributed by atoms with Crippen LogP contribution in [0.15, 0.2) is 54.6 Å². The van der Waals surface area contributed by atoms with Crippen LogP contribution >= 0.6 is 0 Å². The van der Waals surface area contributed by atoms with E-state index in [0.29, 0.717) is 12.4 Å². The average Bonchev–Trinajstić information content (AvgIpc) is 3.51. The maximum Gasteiger partial charge on any atom is 0.235 e. The van der Waals surface area contributed by atoms with Crippen molar-refractivity contribution >= 4 is 17.3 Å². The van der Waals surface area contributed by atoms with Gasteiger partial charge >= 0.3 is 0 Å². The molecular weight excluding hydrogens is 416 g/mol. The molecular formula is C27H28N2O4. The molecule has 0 atom stereocenters. The molecule has 0 saturated heterocycles. The minimum Gasteiger partial charge on any atom is -0.490 e. The van der Waals surface area contributed by atoms with E-state index in [1.165, 1.54) is 0 Å². The number of nitrogens with zero attached hydrogens (tertiary/aromatic N) is 1. The van der Waals surface area contributed by atoms with Gasteiger partial charge in [0.1, 0.15) is 12.4 Å². The zero-order chi connectivity index (χ0) is 22.6. The van der Waals surface area contributed by atoms with Crippen molar-refractivity contribution in [3.8, 4) is 28.4 Å². The number of hydrogen-bond donors (Lipinski definition) is 1. The summed E-state index contributed by atoms with van der Waals surface area (Å²) in [7, 11) is 2.08. The fourth-order valence-electron chi connectivity index (χ4n) is 4.75. The van der Waals surface area contributed by atoms with Crippen molar-refractivity contribution in [2.45, 2.75) is 25.2 Å². The number of hydrogen-bond acceptors (Lipinski definition) is 5. The first-order chi connectivity index (χ1) is 16.0. The van der Waals surface area contributed by atoms with E-state index in [-0.39, 0.29) is 14.1 Å². The number of benzene rings is 3. The van der Waals surface area contributed by atoms with Crippen LogP contribution in [0.3, 0.4) is 0 Å². The first-order valence-corrected chi connectivity index (χ1v) is 11.3. The van der Waals surface area contributed by atoms with Gasteiger partial charge in [0.2, 0.25) is 12.7 Å². The fourth-order valence-corrected chi connectivity index (χ4v) is 4.75. The van der Waals surface area contributed by atoms with E-state index >= 15 is 0 Å². The number of carbonyl (C=O) groups excluding carboxylic acids is 1. The third-order valence-corrected chi connectivity index (χ3v) is 6.97. The van der Waals surface area contributed by atoms with Gasteiger partial charge in [0.25, 0.3) is 0 Å². The maximum absolute atomic E-state index is 13.3. The summed E-state index contributed by atoms with van der Waals surface area (Å²) in [4.78, 5) is 15.6. The normalized spacial score (nSPS) is 17.2. The Morgan fingerprint density at radius 1 is 0.970 bits per heavy atom. The quantitative estimate of drug-likeness (QED) is 0.604. The molecule has 1 aliphatic carbocycles. The lowest BCUT2D eigenvalue weighted by Gasteiger charge is -2.28. The van der Waals surface area contributed by atoms with Crippen molar-refractivity contribution in [1.29, 1.82) is 0 Å². The number of likely N-dealkylation sites (N-methyl/N-ethyl adjacent to an activating group) is 1. The first kappa shape index (κ1) is 20.0. The molecule has 2 aliphatic heterocycles. The number of amides is 1. The lowest BCUT2D eigenvalue weighted by Crippen LogP contribution is -2.28. The number of nitrogens with one attached hydrogen (secondary N) is 1. The van der Waals surface area contributed by atoms with E-state index in [4.69, 9.17) is 14.2 Å². The summed E-state index contributed by atoms with van der Waals surface area (Å²) in [6.45, 7) is 3.89. The zero-order valence-corrected chi connectivity index (χ0v) is 18.8. The summed E-state index contributed by atoms with van der Waals surface area (Å²) in [5.74, 6) is 2.37. The number of aryl methyl sites for hydroxylation is 1. The molecule has 3 aliphatic rings. The molecule has 0 radical (unpaired) electrons. The van der Waals surface area contributed by atoms with Gasteiger partial charge in [-0.2, -0.15) is 0 Å². The minimum atomic E-state index is -0.504. The molecule has 1 N–H and O–H groups in total. The minimum absolute atomic E-state index is 0. The number of anilines is 2. The summed E-state index contributed by atoms with van der Waals surface area (Å²) in [5.41, 5.74) is 5.68. The molecule has 2 heterocycles. The van der Waals surface area contributed by atoms with Crippen LogP contribution in [0.25, 0.3) is 11.1 Å². The summed E-state index contributed by atoms with van der Waals surface area (Å²) in [6, 6.07) is 18.2. The Bertz CT molecular complexity index is 1270. The van der Waals surface area contributed by atoms with Crippen LogP contribution in [-0.4, -0.2) is 32.9 Å². The molecule has 170 valence electrons. The van der Waals surface area contributed by atoms with Crippen molar-refractivity contribution < 1.29 is 20.4 Å². The van der Waals surface area contributed by atoms with Crippen molar-refractivity contribution in [1.82, 2.24) is 0 Å². The highest BCUT2D eigenvalue weighted by Crippen LogP contribution is 2.51. The Hall–Kier alpha value is -3.67. The number of rotatable bonds is 4. The van der Waals surface area contributed by atoms with Crippen LogP contribution in [0.5, 0.6) is 17.2 Å². The SMILES string of the molecule is Cc1ccc(NC(=O)C2(c3ccc4c(c3)OCO4)CC2)cc1-c1ccc2c(c1)OCCN2C.[HH]. The molecule has 6 rings (SSSR count). The largest absolute Gasteiger partial charge is 0.490 e. The van der Waals surface area contributed by atoms with E-state index in [0.717, 1.165) is 64.5 Å². The van der Waals surface area contributed by atoms with Crippen LogP contribution < -0.4 is 24.4 Å². The molecule has 1 saturated carbocycles. The Morgan fingerprint density at radius 3 is 2.67 bits per heavy atom. The van der Waals surface area contributed by atoms with E-state index in [1.807, 2.05) is 24.3 Å². The monoisotopic (exact) mass is 444 g/mol. The van der Waals surface area contributed by atoms with Gasteiger partial charge in [0.15, 0.2) is 11.5 Å². The summed E-state index contributed by atoms with van der Waals surface area (Å²) < 4.78 is 16.8. The van der Waals surface area contributed by atoms with Gasteiger partial charge in [-0.15, -0.1) is 0 Å². The van der Waals surface area contributed by atoms with Crippen LogP contribution in [-0.2, 0) is 10.2 Å². The highest BCUT2D eigenvalue weighted by molar-refractivity contribution is 6.02. The van der Waals surface area contributed by atoms with E-state index < -0.39 is 5.41 Å². The highest BCUT2D eigenvalue weighted by atomic mass is 16.7. The van der Waals surface area contributed by atoms with E-state index in [9.17, 15) is 4.79 Å². The smallest absolute Gasteiger partial charge is 0.235 e. The van der Waals surface area contributed by atoms with Gasteiger partial charge in [0, 0.05) is 14.2 Å². The third-order valence-electron chi connectivity index (χ3n) is 6.97. The molecule has 0 spiro atoms. The predicted octanol–water partition coefficient (Wildman–Crippen LogP) is 5.14. The van der Waals surface area contributed by atoms with Gasteiger partial charge in [0.05, 0.1) is 17.6 Å². The Balaban J connectivity index is 0.00000241. The number of carbonyl (C=O) groups is 1. The summed E-state index contributed by atoms with van der Waals surface area (Å²) in [5, 5.41) is 3.17. The molecule has 33 heavy (non-hydrogen) atoms. The van der Waals surface area contributed by atoms with Crippen LogP contribution in [0.1, 0.15) is 25.4 Å². The Labute approximate surface area is 194 Å². The Kier molecular flexibility index (Phi) is 4.50. The second-order valence-electron chi connectivity index (χ2n) is 9.09. The standard InChI is InChI=1S/C27H26N2O4.H2/c1-17-3-6-20(15-21(17)18-4-7-22-24(13-18)31-12-11-29(22)2)28-26(30)27(9-10-27)19-5-8-23-25(14-19)33-16-32-23;/h3-8,13-15H,9-12,16H2,1-2H3,(H,28,30);1H.